The zero-order valence-electron chi connectivity index (χ0n) is 11.5. The summed E-state index contributed by atoms with van der Waals surface area (Å²) >= 11 is 1.35. The molecule has 0 unspecified atom stereocenters. The molecular formula is C13H12F3N3O2S. The number of nitrogens with one attached hydrogen (secondary N) is 1. The summed E-state index contributed by atoms with van der Waals surface area (Å²) in [6.45, 7) is 1.87. The third kappa shape index (κ3) is 4.23. The van der Waals surface area contributed by atoms with E-state index in [1.165, 1.54) is 23.9 Å². The number of rotatable bonds is 5. The van der Waals surface area contributed by atoms with Crippen LogP contribution in [0.5, 0.6) is 0 Å². The molecule has 0 aliphatic rings. The van der Waals surface area contributed by atoms with Gasteiger partial charge in [0, 0.05) is 5.56 Å². The van der Waals surface area contributed by atoms with E-state index in [0.717, 1.165) is 17.9 Å². The molecule has 1 N–H and O–H groups in total. The maximum atomic E-state index is 12.6. The van der Waals surface area contributed by atoms with Gasteiger partial charge < -0.3 is 9.73 Å². The van der Waals surface area contributed by atoms with E-state index in [9.17, 15) is 18.0 Å². The number of amides is 1. The molecule has 1 aromatic carbocycles. The molecule has 0 saturated carbocycles. The highest BCUT2D eigenvalue weighted by atomic mass is 32.2. The first-order valence-electron chi connectivity index (χ1n) is 6.30. The zero-order valence-corrected chi connectivity index (χ0v) is 12.3. The van der Waals surface area contributed by atoms with Crippen LogP contribution in [0.3, 0.4) is 0 Å². The van der Waals surface area contributed by atoms with Crippen molar-refractivity contribution in [3.05, 3.63) is 41.3 Å². The number of hydrogen-bond acceptors (Lipinski definition) is 5. The monoisotopic (exact) mass is 331 g/mol. The summed E-state index contributed by atoms with van der Waals surface area (Å²) in [6, 6.07) is 4.18. The second kappa shape index (κ2) is 6.82. The molecule has 1 aromatic heterocycles. The van der Waals surface area contributed by atoms with Gasteiger partial charge >= 0.3 is 6.18 Å². The van der Waals surface area contributed by atoms with Gasteiger partial charge in [-0.1, -0.05) is 24.8 Å². The van der Waals surface area contributed by atoms with Crippen LogP contribution in [-0.2, 0) is 12.7 Å². The standard InChI is InChI=1S/C13H12F3N3O2S/c1-2-22-12-19-18-10(21-12)7-17-11(20)8-4-3-5-9(6-8)13(14,15)16/h3-6H,2,7H2,1H3,(H,17,20). The Morgan fingerprint density at radius 3 is 2.82 bits per heavy atom. The van der Waals surface area contributed by atoms with E-state index in [4.69, 9.17) is 4.42 Å². The van der Waals surface area contributed by atoms with Crippen molar-refractivity contribution in [1.29, 1.82) is 0 Å². The summed E-state index contributed by atoms with van der Waals surface area (Å²) in [5, 5.41) is 10.3. The van der Waals surface area contributed by atoms with Crippen LogP contribution in [0.4, 0.5) is 13.2 Å². The van der Waals surface area contributed by atoms with Gasteiger partial charge in [0.2, 0.25) is 5.89 Å². The maximum Gasteiger partial charge on any atom is 0.416 e. The summed E-state index contributed by atoms with van der Waals surface area (Å²) < 4.78 is 43.0. The predicted octanol–water partition coefficient (Wildman–Crippen LogP) is 3.13. The quantitative estimate of drug-likeness (QED) is 0.853. The van der Waals surface area contributed by atoms with Gasteiger partial charge in [-0.05, 0) is 24.0 Å². The van der Waals surface area contributed by atoms with E-state index >= 15 is 0 Å². The minimum absolute atomic E-state index is 0.0493. The van der Waals surface area contributed by atoms with Crippen LogP contribution in [-0.4, -0.2) is 21.9 Å². The largest absolute Gasteiger partial charge is 0.416 e. The fourth-order valence-corrected chi connectivity index (χ4v) is 2.09. The Kier molecular flexibility index (Phi) is 5.07. The van der Waals surface area contributed by atoms with Gasteiger partial charge in [0.1, 0.15) is 0 Å². The molecule has 0 aliphatic heterocycles. The molecule has 0 saturated heterocycles. The van der Waals surface area contributed by atoms with Crippen molar-refractivity contribution in [2.45, 2.75) is 24.9 Å². The average molecular weight is 331 g/mol. The van der Waals surface area contributed by atoms with Gasteiger partial charge in [0.15, 0.2) is 0 Å². The Morgan fingerprint density at radius 1 is 1.36 bits per heavy atom. The van der Waals surface area contributed by atoms with Gasteiger partial charge in [-0.15, -0.1) is 10.2 Å². The highest BCUT2D eigenvalue weighted by Gasteiger charge is 2.30. The topological polar surface area (TPSA) is 68.0 Å². The Bertz CT molecular complexity index is 658. The number of thioether (sulfide) groups is 1. The molecule has 2 rings (SSSR count). The number of hydrogen-bond donors (Lipinski definition) is 1. The Hall–Kier alpha value is -2.03. The molecule has 1 amide bonds. The summed E-state index contributed by atoms with van der Waals surface area (Å²) in [6.07, 6.45) is -4.49. The molecule has 0 atom stereocenters. The normalized spacial score (nSPS) is 11.5. The molecule has 5 nitrogen and oxygen atoms in total. The first-order valence-corrected chi connectivity index (χ1v) is 7.29. The molecule has 22 heavy (non-hydrogen) atoms. The summed E-state index contributed by atoms with van der Waals surface area (Å²) in [4.78, 5) is 11.9. The van der Waals surface area contributed by atoms with Crippen molar-refractivity contribution < 1.29 is 22.4 Å². The van der Waals surface area contributed by atoms with Crippen molar-refractivity contribution in [3.8, 4) is 0 Å². The Morgan fingerprint density at radius 2 is 2.14 bits per heavy atom. The van der Waals surface area contributed by atoms with E-state index in [-0.39, 0.29) is 18.0 Å². The second-order valence-corrected chi connectivity index (χ2v) is 5.37. The number of benzene rings is 1. The third-order valence-corrected chi connectivity index (χ3v) is 3.27. The van der Waals surface area contributed by atoms with Gasteiger partial charge in [0.25, 0.3) is 11.1 Å². The molecule has 2 aromatic rings. The van der Waals surface area contributed by atoms with Gasteiger partial charge in [0.05, 0.1) is 12.1 Å². The predicted molar refractivity (Wildman–Crippen MR) is 73.3 cm³/mol. The lowest BCUT2D eigenvalue weighted by molar-refractivity contribution is -0.137. The van der Waals surface area contributed by atoms with Crippen LogP contribution in [0.1, 0.15) is 28.7 Å². The van der Waals surface area contributed by atoms with E-state index in [1.54, 1.807) is 0 Å². The number of alkyl halides is 3. The molecule has 0 fully saturated rings. The molecule has 9 heteroatoms. The summed E-state index contributed by atoms with van der Waals surface area (Å²) in [5.41, 5.74) is -0.961. The molecular weight excluding hydrogens is 319 g/mol. The minimum Gasteiger partial charge on any atom is -0.414 e. The highest BCUT2D eigenvalue weighted by Crippen LogP contribution is 2.29. The molecule has 0 radical (unpaired) electrons. The molecule has 0 aliphatic carbocycles. The molecule has 1 heterocycles. The van der Waals surface area contributed by atoms with E-state index in [1.807, 2.05) is 6.92 Å². The Balaban J connectivity index is 2.00. The number of aromatic nitrogens is 2. The van der Waals surface area contributed by atoms with E-state index in [2.05, 4.69) is 15.5 Å². The lowest BCUT2D eigenvalue weighted by Gasteiger charge is -2.08. The molecule has 118 valence electrons. The van der Waals surface area contributed by atoms with E-state index < -0.39 is 17.6 Å². The smallest absolute Gasteiger partial charge is 0.414 e. The van der Waals surface area contributed by atoms with Crippen LogP contribution in [0.2, 0.25) is 0 Å². The second-order valence-electron chi connectivity index (χ2n) is 4.16. The van der Waals surface area contributed by atoms with Crippen LogP contribution < -0.4 is 5.32 Å². The SMILES string of the molecule is CCSc1nnc(CNC(=O)c2cccc(C(F)(F)F)c2)o1. The van der Waals surface area contributed by atoms with Gasteiger partial charge in [-0.25, -0.2) is 0 Å². The number of halogens is 3. The van der Waals surface area contributed by atoms with Crippen LogP contribution >= 0.6 is 11.8 Å². The number of carbonyl (C=O) groups excluding carboxylic acids is 1. The van der Waals surface area contributed by atoms with Crippen molar-refractivity contribution in [2.24, 2.45) is 0 Å². The van der Waals surface area contributed by atoms with Crippen LogP contribution in [0.15, 0.2) is 33.9 Å². The Labute approximate surface area is 128 Å². The molecule has 0 spiro atoms. The zero-order chi connectivity index (χ0) is 16.2. The first kappa shape index (κ1) is 16.3. The summed E-state index contributed by atoms with van der Waals surface area (Å²) in [5.74, 6) is 0.309. The third-order valence-electron chi connectivity index (χ3n) is 2.57. The van der Waals surface area contributed by atoms with Crippen LogP contribution in [0.25, 0.3) is 0 Å². The lowest BCUT2D eigenvalue weighted by atomic mass is 10.1. The van der Waals surface area contributed by atoms with Gasteiger partial charge in [-0.2, -0.15) is 13.2 Å². The van der Waals surface area contributed by atoms with E-state index in [0.29, 0.717) is 5.22 Å². The van der Waals surface area contributed by atoms with Gasteiger partial charge in [-0.3, -0.25) is 4.79 Å². The highest BCUT2D eigenvalue weighted by molar-refractivity contribution is 7.99. The average Bonchev–Trinajstić information content (AvgIpc) is 2.92. The lowest BCUT2D eigenvalue weighted by Crippen LogP contribution is -2.23. The fraction of sp³-hybridized carbons (Fsp3) is 0.308. The number of nitrogens with zero attached hydrogens (tertiary/aromatic N) is 2. The van der Waals surface area contributed by atoms with Crippen molar-refractivity contribution in [3.63, 3.8) is 0 Å². The van der Waals surface area contributed by atoms with Crippen molar-refractivity contribution in [1.82, 2.24) is 15.5 Å². The first-order chi connectivity index (χ1) is 10.4. The fourth-order valence-electron chi connectivity index (χ4n) is 1.59. The minimum atomic E-state index is -4.49. The number of carbonyl (C=O) groups is 1. The maximum absolute atomic E-state index is 12.6. The van der Waals surface area contributed by atoms with Crippen LogP contribution in [0, 0.1) is 0 Å². The molecule has 0 bridgehead atoms. The van der Waals surface area contributed by atoms with Crippen molar-refractivity contribution in [2.75, 3.05) is 5.75 Å². The summed E-state index contributed by atoms with van der Waals surface area (Å²) in [7, 11) is 0. The van der Waals surface area contributed by atoms with Crippen molar-refractivity contribution >= 4 is 17.7 Å².